The predicted molar refractivity (Wildman–Crippen MR) is 129 cm³/mol. The second kappa shape index (κ2) is 11.2. The first-order valence-electron chi connectivity index (χ1n) is 10.7. The zero-order chi connectivity index (χ0) is 27.5. The number of rotatable bonds is 7. The van der Waals surface area contributed by atoms with E-state index in [4.69, 9.17) is 0 Å². The molecule has 0 aliphatic carbocycles. The maximum Gasteiger partial charge on any atom is 0.416 e. The van der Waals surface area contributed by atoms with Crippen LogP contribution in [-0.4, -0.2) is 28.1 Å². The molecule has 3 rings (SSSR count). The third kappa shape index (κ3) is 7.28. The summed E-state index contributed by atoms with van der Waals surface area (Å²) in [6, 6.07) is 6.42. The van der Waals surface area contributed by atoms with Gasteiger partial charge in [0.05, 0.1) is 11.1 Å². The van der Waals surface area contributed by atoms with Crippen molar-refractivity contribution in [3.05, 3.63) is 63.6 Å². The zero-order valence-electron chi connectivity index (χ0n) is 19.2. The highest BCUT2D eigenvalue weighted by Crippen LogP contribution is 2.36. The molecular formula is C23H19BrF6N4O2S. The molecule has 1 heterocycles. The first kappa shape index (κ1) is 28.6. The quantitative estimate of drug-likeness (QED) is 0.289. The maximum absolute atomic E-state index is 13.2. The molecule has 37 heavy (non-hydrogen) atoms. The first-order chi connectivity index (χ1) is 17.2. The lowest BCUT2D eigenvalue weighted by Gasteiger charge is -2.23. The van der Waals surface area contributed by atoms with Gasteiger partial charge in [0.25, 0.3) is 5.91 Å². The molecule has 2 atom stereocenters. The molecule has 0 unspecified atom stereocenters. The summed E-state index contributed by atoms with van der Waals surface area (Å²) < 4.78 is 79.9. The second-order valence-corrected chi connectivity index (χ2v) is 9.93. The summed E-state index contributed by atoms with van der Waals surface area (Å²) in [4.78, 5) is 25.7. The van der Waals surface area contributed by atoms with E-state index in [1.54, 1.807) is 38.1 Å². The topological polar surface area (TPSA) is 84.0 Å². The molecule has 0 spiro atoms. The van der Waals surface area contributed by atoms with Crippen LogP contribution in [0.5, 0.6) is 0 Å². The Kier molecular flexibility index (Phi) is 8.63. The smallest absolute Gasteiger partial charge is 0.340 e. The number of aromatic nitrogens is 2. The van der Waals surface area contributed by atoms with Gasteiger partial charge in [0.2, 0.25) is 11.0 Å². The average Bonchev–Trinajstić information content (AvgIpc) is 3.29. The Morgan fingerprint density at radius 3 is 2.05 bits per heavy atom. The Labute approximate surface area is 219 Å². The second-order valence-electron chi connectivity index (χ2n) is 8.04. The number of halogens is 7. The van der Waals surface area contributed by atoms with E-state index in [1.165, 1.54) is 0 Å². The predicted octanol–water partition coefficient (Wildman–Crippen LogP) is 6.79. The number of nitrogens with one attached hydrogen (secondary N) is 2. The third-order valence-corrected chi connectivity index (χ3v) is 6.79. The van der Waals surface area contributed by atoms with Gasteiger partial charge in [-0.05, 0) is 36.2 Å². The molecule has 0 radical (unpaired) electrons. The molecule has 198 valence electrons. The minimum Gasteiger partial charge on any atom is -0.340 e. The minimum absolute atomic E-state index is 0.0753. The molecule has 2 N–H and O–H groups in total. The number of carbonyl (C=O) groups excluding carboxylic acids is 2. The van der Waals surface area contributed by atoms with E-state index in [0.29, 0.717) is 23.6 Å². The van der Waals surface area contributed by atoms with Gasteiger partial charge >= 0.3 is 12.4 Å². The van der Waals surface area contributed by atoms with Crippen LogP contribution in [0.25, 0.3) is 10.6 Å². The van der Waals surface area contributed by atoms with E-state index in [0.717, 1.165) is 21.4 Å². The molecule has 3 aromatic rings. The van der Waals surface area contributed by atoms with Crippen molar-refractivity contribution < 1.29 is 35.9 Å². The van der Waals surface area contributed by atoms with Crippen LogP contribution in [0, 0.1) is 5.92 Å². The van der Waals surface area contributed by atoms with Gasteiger partial charge in [-0.25, -0.2) is 0 Å². The monoisotopic (exact) mass is 608 g/mol. The van der Waals surface area contributed by atoms with Crippen LogP contribution >= 0.6 is 27.3 Å². The van der Waals surface area contributed by atoms with Gasteiger partial charge in [0.1, 0.15) is 11.0 Å². The summed E-state index contributed by atoms with van der Waals surface area (Å²) in [5.41, 5.74) is -3.41. The van der Waals surface area contributed by atoms with Crippen LogP contribution in [0.3, 0.4) is 0 Å². The molecule has 0 aliphatic heterocycles. The van der Waals surface area contributed by atoms with Crippen molar-refractivity contribution in [2.75, 3.05) is 5.32 Å². The molecule has 1 aromatic heterocycles. The van der Waals surface area contributed by atoms with Crippen molar-refractivity contribution in [3.8, 4) is 10.6 Å². The fourth-order valence-electron chi connectivity index (χ4n) is 3.18. The largest absolute Gasteiger partial charge is 0.416 e. The van der Waals surface area contributed by atoms with Crippen molar-refractivity contribution in [1.29, 1.82) is 0 Å². The number of nitrogens with zero attached hydrogens (tertiary/aromatic N) is 2. The van der Waals surface area contributed by atoms with E-state index >= 15 is 0 Å². The normalized spacial score (nSPS) is 13.6. The third-order valence-electron chi connectivity index (χ3n) is 5.38. The molecular weight excluding hydrogens is 590 g/mol. The van der Waals surface area contributed by atoms with Crippen molar-refractivity contribution in [1.82, 2.24) is 15.5 Å². The summed E-state index contributed by atoms with van der Waals surface area (Å²) in [5, 5.41) is 13.3. The fraction of sp³-hybridized carbons (Fsp3) is 0.304. The first-order valence-corrected chi connectivity index (χ1v) is 12.3. The van der Waals surface area contributed by atoms with Crippen LogP contribution in [0.1, 0.15) is 41.8 Å². The number of anilines is 1. The highest BCUT2D eigenvalue weighted by Gasteiger charge is 2.38. The van der Waals surface area contributed by atoms with Gasteiger partial charge < -0.3 is 5.32 Å². The van der Waals surface area contributed by atoms with E-state index in [1.807, 2.05) is 0 Å². The Balaban J connectivity index is 1.84. The highest BCUT2D eigenvalue weighted by molar-refractivity contribution is 9.10. The van der Waals surface area contributed by atoms with Crippen LogP contribution in [-0.2, 0) is 17.1 Å². The van der Waals surface area contributed by atoms with E-state index in [9.17, 15) is 35.9 Å². The highest BCUT2D eigenvalue weighted by atomic mass is 79.9. The van der Waals surface area contributed by atoms with Gasteiger partial charge in [-0.1, -0.05) is 59.7 Å². The number of hydrogen-bond acceptors (Lipinski definition) is 5. The molecule has 0 fully saturated rings. The molecule has 0 aliphatic rings. The van der Waals surface area contributed by atoms with Gasteiger partial charge in [0, 0.05) is 15.6 Å². The zero-order valence-corrected chi connectivity index (χ0v) is 21.6. The summed E-state index contributed by atoms with van der Waals surface area (Å²) in [7, 11) is 0. The molecule has 0 saturated carbocycles. The summed E-state index contributed by atoms with van der Waals surface area (Å²) >= 11 is 4.37. The van der Waals surface area contributed by atoms with E-state index in [2.05, 4.69) is 36.8 Å². The Morgan fingerprint density at radius 2 is 1.54 bits per heavy atom. The number of benzene rings is 2. The van der Waals surface area contributed by atoms with Crippen molar-refractivity contribution >= 4 is 44.2 Å². The van der Waals surface area contributed by atoms with Crippen LogP contribution in [0.4, 0.5) is 31.5 Å². The lowest BCUT2D eigenvalue weighted by Crippen LogP contribution is -2.47. The van der Waals surface area contributed by atoms with Gasteiger partial charge in [-0.2, -0.15) is 26.3 Å². The maximum atomic E-state index is 13.2. The molecule has 2 aromatic carbocycles. The van der Waals surface area contributed by atoms with Crippen LogP contribution in [0.15, 0.2) is 46.9 Å². The summed E-state index contributed by atoms with van der Waals surface area (Å²) in [5.74, 6) is -2.52. The van der Waals surface area contributed by atoms with E-state index < -0.39 is 52.8 Å². The Hall–Kier alpha value is -3.00. The van der Waals surface area contributed by atoms with Crippen molar-refractivity contribution in [3.63, 3.8) is 0 Å². The number of amides is 2. The van der Waals surface area contributed by atoms with Gasteiger partial charge in [-0.3, -0.25) is 14.9 Å². The van der Waals surface area contributed by atoms with Gasteiger partial charge in [0.15, 0.2) is 0 Å². The number of carbonyl (C=O) groups is 2. The molecule has 0 bridgehead atoms. The Morgan fingerprint density at radius 1 is 0.973 bits per heavy atom. The molecule has 14 heteroatoms. The van der Waals surface area contributed by atoms with Gasteiger partial charge in [-0.15, -0.1) is 10.2 Å². The Bertz CT molecular complexity index is 1250. The number of alkyl halides is 6. The summed E-state index contributed by atoms with van der Waals surface area (Å²) in [6.07, 6.45) is -9.86. The molecule has 0 saturated heterocycles. The fourth-order valence-corrected chi connectivity index (χ4v) is 4.19. The molecule has 6 nitrogen and oxygen atoms in total. The van der Waals surface area contributed by atoms with Crippen LogP contribution < -0.4 is 10.6 Å². The van der Waals surface area contributed by atoms with Crippen molar-refractivity contribution in [2.45, 2.75) is 38.7 Å². The summed E-state index contributed by atoms with van der Waals surface area (Å²) in [6.45, 7) is 3.31. The minimum atomic E-state index is -5.12. The number of hydrogen-bond donors (Lipinski definition) is 2. The van der Waals surface area contributed by atoms with Crippen molar-refractivity contribution in [2.24, 2.45) is 5.92 Å². The van der Waals surface area contributed by atoms with E-state index in [-0.39, 0.29) is 11.2 Å². The molecule has 2 amide bonds. The standard InChI is InChI=1S/C23H19BrF6N4O2S/c1-3-11(2)17(19(36)32-21-34-33-20(37-21)12-4-6-16(24)7-5-12)31-18(35)13-8-14(22(25,26)27)10-15(9-13)23(28,29)30/h4-11,17H,3H2,1-2H3,(H,31,35)(H,32,34,36)/t11-,17+/m1/s1. The lowest BCUT2D eigenvalue weighted by atomic mass is 9.97. The SMILES string of the molecule is CC[C@@H](C)[C@H](NC(=O)c1cc(C(F)(F)F)cc(C(F)(F)F)c1)C(=O)Nc1nnc(-c2ccc(Br)cc2)s1. The van der Waals surface area contributed by atoms with Crippen LogP contribution in [0.2, 0.25) is 0 Å². The average molecular weight is 609 g/mol. The lowest BCUT2D eigenvalue weighted by molar-refractivity contribution is -0.143.